The lowest BCUT2D eigenvalue weighted by Gasteiger charge is -2.22. The molecule has 0 spiro atoms. The number of nitro benzene ring substituents is 1. The number of amides is 1. The van der Waals surface area contributed by atoms with Gasteiger partial charge in [0.2, 0.25) is 5.91 Å². The van der Waals surface area contributed by atoms with Crippen molar-refractivity contribution < 1.29 is 19.6 Å². The highest BCUT2D eigenvalue weighted by atomic mass is 16.6. The predicted octanol–water partition coefficient (Wildman–Crippen LogP) is 3.42. The Balaban J connectivity index is 1.66. The van der Waals surface area contributed by atoms with Crippen LogP contribution in [0.5, 0.6) is 0 Å². The molecule has 0 saturated heterocycles. The fourth-order valence-corrected chi connectivity index (χ4v) is 3.02. The lowest BCUT2D eigenvalue weighted by Crippen LogP contribution is -2.33. The second-order valence-electron chi connectivity index (χ2n) is 6.64. The third kappa shape index (κ3) is 4.69. The molecular weight excluding hydrogens is 348 g/mol. The number of aryl methyl sites for hydroxylation is 1. The van der Waals surface area contributed by atoms with Gasteiger partial charge in [0, 0.05) is 24.1 Å². The Morgan fingerprint density at radius 1 is 1.11 bits per heavy atom. The van der Waals surface area contributed by atoms with E-state index in [1.807, 2.05) is 0 Å². The van der Waals surface area contributed by atoms with Crippen molar-refractivity contribution in [3.05, 3.63) is 75.3 Å². The van der Waals surface area contributed by atoms with Gasteiger partial charge in [-0.2, -0.15) is 0 Å². The van der Waals surface area contributed by atoms with E-state index in [0.29, 0.717) is 12.0 Å². The zero-order valence-electron chi connectivity index (χ0n) is 14.7. The summed E-state index contributed by atoms with van der Waals surface area (Å²) in [4.78, 5) is 36.1. The Kier molecular flexibility index (Phi) is 5.49. The molecule has 7 heteroatoms. The van der Waals surface area contributed by atoms with Gasteiger partial charge in [0.1, 0.15) is 0 Å². The first-order chi connectivity index (χ1) is 13.0. The number of carbonyl (C=O) groups excluding carboxylic acids is 1. The second-order valence-corrected chi connectivity index (χ2v) is 6.64. The Hall–Kier alpha value is -3.22. The zero-order chi connectivity index (χ0) is 19.4. The minimum Gasteiger partial charge on any atom is -0.478 e. The molecule has 0 aromatic heterocycles. The molecule has 1 aliphatic rings. The number of rotatable bonds is 8. The number of nitro groups is 1. The van der Waals surface area contributed by atoms with Crippen molar-refractivity contribution in [2.24, 2.45) is 0 Å². The molecule has 1 fully saturated rings. The summed E-state index contributed by atoms with van der Waals surface area (Å²) in [5.41, 5.74) is 1.66. The lowest BCUT2D eigenvalue weighted by atomic mass is 10.1. The van der Waals surface area contributed by atoms with Crippen LogP contribution < -0.4 is 0 Å². The zero-order valence-corrected chi connectivity index (χ0v) is 14.7. The summed E-state index contributed by atoms with van der Waals surface area (Å²) in [6.45, 7) is 0.235. The van der Waals surface area contributed by atoms with Gasteiger partial charge in [0.05, 0.1) is 17.0 Å². The van der Waals surface area contributed by atoms with Gasteiger partial charge < -0.3 is 10.0 Å². The highest BCUT2D eigenvalue weighted by Crippen LogP contribution is 2.31. The predicted molar refractivity (Wildman–Crippen MR) is 98.4 cm³/mol. The van der Waals surface area contributed by atoms with Crippen molar-refractivity contribution in [1.82, 2.24) is 4.90 Å². The Bertz CT molecular complexity index is 859. The summed E-state index contributed by atoms with van der Waals surface area (Å²) < 4.78 is 0. The minimum absolute atomic E-state index is 0.0280. The van der Waals surface area contributed by atoms with Crippen LogP contribution in [0, 0.1) is 10.1 Å². The third-order valence-electron chi connectivity index (χ3n) is 4.67. The number of hydrogen-bond donors (Lipinski definition) is 1. The highest BCUT2D eigenvalue weighted by Gasteiger charge is 2.33. The van der Waals surface area contributed by atoms with Gasteiger partial charge in [-0.1, -0.05) is 30.3 Å². The summed E-state index contributed by atoms with van der Waals surface area (Å²) in [6, 6.07) is 13.1. The molecule has 2 aromatic carbocycles. The highest BCUT2D eigenvalue weighted by molar-refractivity contribution is 5.87. The number of nitrogens with zero attached hydrogens (tertiary/aromatic N) is 2. The molecule has 1 saturated carbocycles. The molecule has 1 aliphatic carbocycles. The van der Waals surface area contributed by atoms with E-state index in [1.165, 1.54) is 18.2 Å². The number of para-hydroxylation sites is 1. The number of carboxylic acid groups (broad SMARTS) is 1. The van der Waals surface area contributed by atoms with Gasteiger partial charge in [0.25, 0.3) is 5.69 Å². The van der Waals surface area contributed by atoms with E-state index in [-0.39, 0.29) is 36.2 Å². The molecule has 1 N–H and O–H groups in total. The topological polar surface area (TPSA) is 101 Å². The number of hydrogen-bond acceptors (Lipinski definition) is 4. The van der Waals surface area contributed by atoms with Crippen LogP contribution in [0.2, 0.25) is 0 Å². The fraction of sp³-hybridized carbons (Fsp3) is 0.300. The van der Waals surface area contributed by atoms with Crippen molar-refractivity contribution in [2.75, 3.05) is 0 Å². The maximum atomic E-state index is 12.7. The van der Waals surface area contributed by atoms with E-state index < -0.39 is 10.9 Å². The average molecular weight is 368 g/mol. The Labute approximate surface area is 156 Å². The summed E-state index contributed by atoms with van der Waals surface area (Å²) in [6.07, 6.45) is 2.61. The largest absolute Gasteiger partial charge is 0.478 e. The maximum Gasteiger partial charge on any atom is 0.335 e. The van der Waals surface area contributed by atoms with Crippen molar-refractivity contribution in [3.8, 4) is 0 Å². The van der Waals surface area contributed by atoms with Crippen LogP contribution >= 0.6 is 0 Å². The molecule has 1 amide bonds. The Morgan fingerprint density at radius 3 is 2.37 bits per heavy atom. The average Bonchev–Trinajstić information content (AvgIpc) is 3.49. The quantitative estimate of drug-likeness (QED) is 0.568. The number of carboxylic acids is 1. The van der Waals surface area contributed by atoms with Crippen molar-refractivity contribution >= 4 is 17.6 Å². The number of aromatic carboxylic acids is 1. The molecule has 0 bridgehead atoms. The standard InChI is InChI=1S/C20H20N2O5/c23-19(12-7-14-5-8-15(9-6-14)20(24)25)21(17-10-11-17)13-16-3-1-2-4-18(16)22(26)27/h1-6,8-9,17H,7,10-13H2,(H,24,25). The molecule has 0 unspecified atom stereocenters. The summed E-state index contributed by atoms with van der Waals surface area (Å²) in [5.74, 6) is -1.03. The van der Waals surface area contributed by atoms with E-state index in [4.69, 9.17) is 5.11 Å². The molecule has 27 heavy (non-hydrogen) atoms. The van der Waals surface area contributed by atoms with Crippen molar-refractivity contribution in [3.63, 3.8) is 0 Å². The Morgan fingerprint density at radius 2 is 1.78 bits per heavy atom. The van der Waals surface area contributed by atoms with Crippen molar-refractivity contribution in [2.45, 2.75) is 38.3 Å². The minimum atomic E-state index is -0.984. The van der Waals surface area contributed by atoms with Crippen molar-refractivity contribution in [1.29, 1.82) is 0 Å². The summed E-state index contributed by atoms with van der Waals surface area (Å²) in [5, 5.41) is 20.1. The van der Waals surface area contributed by atoms with Gasteiger partial charge in [-0.3, -0.25) is 14.9 Å². The van der Waals surface area contributed by atoms with Crippen LogP contribution in [0.3, 0.4) is 0 Å². The maximum absolute atomic E-state index is 12.7. The SMILES string of the molecule is O=C(O)c1ccc(CCC(=O)N(Cc2ccccc2[N+](=O)[O-])C2CC2)cc1. The van der Waals surface area contributed by atoms with Gasteiger partial charge in [0.15, 0.2) is 0 Å². The van der Waals surface area contributed by atoms with Crippen LogP contribution in [0.15, 0.2) is 48.5 Å². The molecule has 3 rings (SSSR count). The van der Waals surface area contributed by atoms with E-state index in [0.717, 1.165) is 18.4 Å². The van der Waals surface area contributed by atoms with Crippen LogP contribution in [0.4, 0.5) is 5.69 Å². The van der Waals surface area contributed by atoms with Gasteiger partial charge >= 0.3 is 5.97 Å². The van der Waals surface area contributed by atoms with E-state index >= 15 is 0 Å². The van der Waals surface area contributed by atoms with Gasteiger partial charge in [-0.15, -0.1) is 0 Å². The summed E-state index contributed by atoms with van der Waals surface area (Å²) >= 11 is 0. The van der Waals surface area contributed by atoms with Crippen LogP contribution in [0.1, 0.15) is 40.7 Å². The molecule has 0 heterocycles. The van der Waals surface area contributed by atoms with E-state index in [9.17, 15) is 19.7 Å². The summed E-state index contributed by atoms with van der Waals surface area (Å²) in [7, 11) is 0. The molecular formula is C20H20N2O5. The second kappa shape index (κ2) is 7.99. The van der Waals surface area contributed by atoms with E-state index in [1.54, 1.807) is 35.2 Å². The van der Waals surface area contributed by atoms with Gasteiger partial charge in [-0.25, -0.2) is 4.79 Å². The number of benzene rings is 2. The van der Waals surface area contributed by atoms with Crippen LogP contribution in [0.25, 0.3) is 0 Å². The normalized spacial score (nSPS) is 13.2. The monoisotopic (exact) mass is 368 g/mol. The fourth-order valence-electron chi connectivity index (χ4n) is 3.02. The smallest absolute Gasteiger partial charge is 0.335 e. The van der Waals surface area contributed by atoms with Gasteiger partial charge in [-0.05, 0) is 37.0 Å². The molecule has 0 atom stereocenters. The first-order valence-corrected chi connectivity index (χ1v) is 8.79. The molecule has 0 aliphatic heterocycles. The van der Waals surface area contributed by atoms with E-state index in [2.05, 4.69) is 0 Å². The number of carbonyl (C=O) groups is 2. The third-order valence-corrected chi connectivity index (χ3v) is 4.67. The van der Waals surface area contributed by atoms with Crippen LogP contribution in [-0.2, 0) is 17.8 Å². The molecule has 0 radical (unpaired) electrons. The molecule has 140 valence electrons. The first kappa shape index (κ1) is 18.6. The van der Waals surface area contributed by atoms with Crippen LogP contribution in [-0.4, -0.2) is 32.8 Å². The molecule has 2 aromatic rings. The molecule has 7 nitrogen and oxygen atoms in total. The lowest BCUT2D eigenvalue weighted by molar-refractivity contribution is -0.385. The first-order valence-electron chi connectivity index (χ1n) is 8.79.